The molecule has 0 bridgehead atoms. The first kappa shape index (κ1) is 25.2. The average Bonchev–Trinajstić information content (AvgIpc) is 3.48. The number of hydrogen-bond donors (Lipinski definition) is 1. The first-order valence-corrected chi connectivity index (χ1v) is 13.4. The van der Waals surface area contributed by atoms with E-state index in [2.05, 4.69) is 4.72 Å². The molecular formula is C25H26F4N2O4S. The van der Waals surface area contributed by atoms with Crippen LogP contribution in [0.15, 0.2) is 36.4 Å². The lowest BCUT2D eigenvalue weighted by Crippen LogP contribution is -2.53. The predicted molar refractivity (Wildman–Crippen MR) is 123 cm³/mol. The highest BCUT2D eigenvalue weighted by molar-refractivity contribution is 7.89. The van der Waals surface area contributed by atoms with Gasteiger partial charge in [0, 0.05) is 36.1 Å². The van der Waals surface area contributed by atoms with Gasteiger partial charge in [-0.3, -0.25) is 4.79 Å². The van der Waals surface area contributed by atoms with E-state index in [4.69, 9.17) is 4.74 Å². The number of amides is 1. The normalized spacial score (nSPS) is 25.6. The number of halogens is 4. The molecule has 2 aliphatic heterocycles. The zero-order chi connectivity index (χ0) is 25.8. The molecule has 3 fully saturated rings. The molecule has 1 saturated carbocycles. The van der Waals surface area contributed by atoms with E-state index in [1.165, 1.54) is 23.1 Å². The van der Waals surface area contributed by atoms with Crippen LogP contribution in [0.2, 0.25) is 0 Å². The minimum absolute atomic E-state index is 0.0104. The number of benzene rings is 2. The summed E-state index contributed by atoms with van der Waals surface area (Å²) < 4.78 is 89.9. The molecule has 0 unspecified atom stereocenters. The van der Waals surface area contributed by atoms with Crippen molar-refractivity contribution in [3.63, 3.8) is 0 Å². The second-order valence-corrected chi connectivity index (χ2v) is 11.8. The second kappa shape index (κ2) is 9.11. The molecule has 1 spiro atoms. The van der Waals surface area contributed by atoms with Crippen molar-refractivity contribution in [3.05, 3.63) is 59.4 Å². The van der Waals surface area contributed by atoms with E-state index in [0.29, 0.717) is 31.9 Å². The summed E-state index contributed by atoms with van der Waals surface area (Å²) in [4.78, 5) is 14.7. The van der Waals surface area contributed by atoms with Crippen LogP contribution in [-0.2, 0) is 26.0 Å². The number of sulfonamides is 1. The van der Waals surface area contributed by atoms with Crippen LogP contribution >= 0.6 is 0 Å². The zero-order valence-electron chi connectivity index (χ0n) is 19.5. The lowest BCUT2D eigenvalue weighted by atomic mass is 9.91. The van der Waals surface area contributed by atoms with E-state index in [1.807, 2.05) is 0 Å². The Kier molecular flexibility index (Phi) is 6.37. The molecule has 4 atom stereocenters. The van der Waals surface area contributed by atoms with Gasteiger partial charge < -0.3 is 9.64 Å². The summed E-state index contributed by atoms with van der Waals surface area (Å²) in [5.41, 5.74) is -2.61. The predicted octanol–water partition coefficient (Wildman–Crippen LogP) is 3.70. The number of rotatable bonds is 7. The number of likely N-dealkylation sites (tertiary alicyclic amines) is 1. The van der Waals surface area contributed by atoms with E-state index >= 15 is 4.39 Å². The summed E-state index contributed by atoms with van der Waals surface area (Å²) in [5.74, 6) is -2.75. The minimum Gasteiger partial charge on any atom is -0.368 e. The fraction of sp³-hybridized carbons (Fsp3) is 0.480. The van der Waals surface area contributed by atoms with Crippen LogP contribution in [0.4, 0.5) is 17.6 Å². The third kappa shape index (κ3) is 4.52. The molecule has 0 aromatic heterocycles. The van der Waals surface area contributed by atoms with E-state index in [0.717, 1.165) is 19.1 Å². The largest absolute Gasteiger partial charge is 0.368 e. The molecule has 194 valence electrons. The van der Waals surface area contributed by atoms with Crippen LogP contribution in [0.25, 0.3) is 11.1 Å². The van der Waals surface area contributed by atoms with Crippen molar-refractivity contribution >= 4 is 15.9 Å². The van der Waals surface area contributed by atoms with Crippen molar-refractivity contribution < 1.29 is 35.5 Å². The molecule has 2 aromatic rings. The van der Waals surface area contributed by atoms with Crippen molar-refractivity contribution in [2.75, 3.05) is 13.2 Å². The van der Waals surface area contributed by atoms with Gasteiger partial charge in [-0.2, -0.15) is 0 Å². The van der Waals surface area contributed by atoms with Gasteiger partial charge in [-0.15, -0.1) is 0 Å². The van der Waals surface area contributed by atoms with Crippen LogP contribution < -0.4 is 4.72 Å². The van der Waals surface area contributed by atoms with Gasteiger partial charge in [0.15, 0.2) is 0 Å². The first-order valence-electron chi connectivity index (χ1n) is 11.8. The van der Waals surface area contributed by atoms with E-state index in [1.54, 1.807) is 0 Å². The summed E-state index contributed by atoms with van der Waals surface area (Å²) >= 11 is 0. The topological polar surface area (TPSA) is 75.7 Å². The highest BCUT2D eigenvalue weighted by Gasteiger charge is 2.62. The average molecular weight is 527 g/mol. The fourth-order valence-electron chi connectivity index (χ4n) is 5.23. The number of alkyl halides is 1. The number of nitrogens with zero attached hydrogens (tertiary/aromatic N) is 1. The molecule has 11 heteroatoms. The maximum atomic E-state index is 15.7. The third-order valence-electron chi connectivity index (χ3n) is 7.48. The molecule has 36 heavy (non-hydrogen) atoms. The van der Waals surface area contributed by atoms with Crippen LogP contribution in [0.1, 0.15) is 31.7 Å². The van der Waals surface area contributed by atoms with Gasteiger partial charge in [0.25, 0.3) is 5.91 Å². The number of carbonyl (C=O) groups is 1. The molecule has 2 aromatic carbocycles. The highest BCUT2D eigenvalue weighted by Crippen LogP contribution is 2.56. The van der Waals surface area contributed by atoms with E-state index in [9.17, 15) is 26.4 Å². The lowest BCUT2D eigenvalue weighted by molar-refractivity contribution is -0.157. The third-order valence-corrected chi connectivity index (χ3v) is 8.92. The van der Waals surface area contributed by atoms with E-state index in [-0.39, 0.29) is 35.6 Å². The molecule has 1 N–H and O–H groups in total. The van der Waals surface area contributed by atoms with Crippen molar-refractivity contribution in [1.29, 1.82) is 0 Å². The van der Waals surface area contributed by atoms with Gasteiger partial charge in [0.2, 0.25) is 15.5 Å². The SMILES string of the molecule is C[C@H](F)S(=O)(=O)N[C@@H]1[C@H](Cc2cccc(-c3cc(F)cc(F)c3)c2F)N(C(=O)[C@H]2CCO2)CC12CC2. The van der Waals surface area contributed by atoms with Crippen molar-refractivity contribution in [2.45, 2.75) is 56.3 Å². The summed E-state index contributed by atoms with van der Waals surface area (Å²) in [6.45, 7) is 1.61. The summed E-state index contributed by atoms with van der Waals surface area (Å²) in [7, 11) is -4.33. The van der Waals surface area contributed by atoms with Crippen LogP contribution in [-0.4, -0.2) is 56.1 Å². The van der Waals surface area contributed by atoms with Gasteiger partial charge >= 0.3 is 0 Å². The smallest absolute Gasteiger partial charge is 0.252 e. The Morgan fingerprint density at radius 3 is 2.42 bits per heavy atom. The molecule has 5 rings (SSSR count). The summed E-state index contributed by atoms with van der Waals surface area (Å²) in [6, 6.07) is 5.51. The Bertz CT molecular complexity index is 1270. The molecule has 1 aliphatic carbocycles. The Morgan fingerprint density at radius 1 is 1.19 bits per heavy atom. The van der Waals surface area contributed by atoms with Gasteiger partial charge in [0.05, 0.1) is 12.6 Å². The van der Waals surface area contributed by atoms with Crippen LogP contribution in [0.3, 0.4) is 0 Å². The molecule has 0 radical (unpaired) electrons. The molecular weight excluding hydrogens is 500 g/mol. The van der Waals surface area contributed by atoms with Crippen LogP contribution in [0.5, 0.6) is 0 Å². The molecule has 2 saturated heterocycles. The minimum atomic E-state index is -4.33. The monoisotopic (exact) mass is 526 g/mol. The Balaban J connectivity index is 1.52. The van der Waals surface area contributed by atoms with Gasteiger partial charge in [-0.05, 0) is 49.4 Å². The van der Waals surface area contributed by atoms with Gasteiger partial charge in [-0.1, -0.05) is 18.2 Å². The lowest BCUT2D eigenvalue weighted by Gasteiger charge is -2.34. The zero-order valence-corrected chi connectivity index (χ0v) is 20.3. The quantitative estimate of drug-likeness (QED) is 0.559. The molecule has 3 aliphatic rings. The Hall–Kier alpha value is -2.50. The summed E-state index contributed by atoms with van der Waals surface area (Å²) in [5, 5.41) is 0. The maximum Gasteiger partial charge on any atom is 0.252 e. The number of nitrogens with one attached hydrogen (secondary N) is 1. The molecule has 6 nitrogen and oxygen atoms in total. The van der Waals surface area contributed by atoms with Gasteiger partial charge in [-0.25, -0.2) is 30.7 Å². The Morgan fingerprint density at radius 2 is 1.86 bits per heavy atom. The maximum absolute atomic E-state index is 15.7. The van der Waals surface area contributed by atoms with E-state index < -0.39 is 56.6 Å². The fourth-order valence-corrected chi connectivity index (χ4v) is 6.18. The van der Waals surface area contributed by atoms with Gasteiger partial charge in [0.1, 0.15) is 23.6 Å². The van der Waals surface area contributed by atoms with Crippen molar-refractivity contribution in [2.24, 2.45) is 5.41 Å². The number of ether oxygens (including phenoxy) is 1. The Labute approximate surface area is 206 Å². The van der Waals surface area contributed by atoms with Crippen molar-refractivity contribution in [1.82, 2.24) is 9.62 Å². The molecule has 1 amide bonds. The van der Waals surface area contributed by atoms with Crippen molar-refractivity contribution in [3.8, 4) is 11.1 Å². The van der Waals surface area contributed by atoms with Crippen LogP contribution in [0, 0.1) is 22.9 Å². The number of carbonyl (C=O) groups excluding carboxylic acids is 1. The molecule has 2 heterocycles. The standard InChI is InChI=1S/C25H26F4N2O4S/c1-14(26)36(33,34)30-23-20(31(13-25(23)6-7-25)24(32)21-5-8-35-21)11-15-3-2-4-19(22(15)29)16-9-17(27)12-18(28)10-16/h2-4,9-10,12,14,20-21,23,30H,5-8,11,13H2,1H3/t14-,20+,21-,23-/m1/s1. The highest BCUT2D eigenvalue weighted by atomic mass is 32.2. The second-order valence-electron chi connectivity index (χ2n) is 9.87. The number of hydrogen-bond acceptors (Lipinski definition) is 4. The first-order chi connectivity index (χ1) is 17.0. The summed E-state index contributed by atoms with van der Waals surface area (Å²) in [6.07, 6.45) is 1.08.